The Bertz CT molecular complexity index is 1060. The summed E-state index contributed by atoms with van der Waals surface area (Å²) in [5.74, 6) is -1.50. The Hall–Kier alpha value is -2.62. The molecule has 2 aromatic carbocycles. The molecule has 0 radical (unpaired) electrons. The molecule has 190 valence electrons. The minimum Gasteiger partial charge on any atom is -0.335 e. The molecule has 35 heavy (non-hydrogen) atoms. The zero-order valence-corrected chi connectivity index (χ0v) is 18.9. The molecule has 3 nitrogen and oxygen atoms in total. The average molecular weight is 502 g/mol. The maximum atomic E-state index is 13.7. The molecule has 10 heteroatoms. The van der Waals surface area contributed by atoms with Crippen LogP contribution in [0.2, 0.25) is 0 Å². The highest BCUT2D eigenvalue weighted by atomic mass is 19.4. The van der Waals surface area contributed by atoms with Crippen molar-refractivity contribution < 1.29 is 35.5 Å². The molecule has 1 saturated carbocycles. The van der Waals surface area contributed by atoms with E-state index in [2.05, 4.69) is 5.32 Å². The second kappa shape index (κ2) is 9.44. The Kier molecular flexibility index (Phi) is 6.87. The molecule has 2 aromatic rings. The molecule has 1 aliphatic heterocycles. The summed E-state index contributed by atoms with van der Waals surface area (Å²) < 4.78 is 93.5. The molecule has 0 aromatic heterocycles. The van der Waals surface area contributed by atoms with Crippen molar-refractivity contribution in [3.05, 3.63) is 70.0 Å². The van der Waals surface area contributed by atoms with E-state index in [1.165, 1.54) is 17.0 Å². The maximum Gasteiger partial charge on any atom is 0.416 e. The summed E-state index contributed by atoms with van der Waals surface area (Å²) >= 11 is 0. The Morgan fingerprint density at radius 2 is 1.60 bits per heavy atom. The third-order valence-corrected chi connectivity index (χ3v) is 6.70. The van der Waals surface area contributed by atoms with Crippen molar-refractivity contribution in [2.45, 2.75) is 57.0 Å². The SMILES string of the molecule is Cc1cc(F)ccc1[C@@H]1CNCC[C@H]1C(=O)N(Cc1cc(C(F)(F)F)cc(C(F)(F)F)c1)C1CC1. The minimum atomic E-state index is -4.95. The number of halogens is 7. The highest BCUT2D eigenvalue weighted by Crippen LogP contribution is 2.39. The van der Waals surface area contributed by atoms with Crippen LogP contribution in [0.4, 0.5) is 30.7 Å². The molecule has 1 N–H and O–H groups in total. The van der Waals surface area contributed by atoms with Crippen molar-refractivity contribution >= 4 is 5.91 Å². The number of alkyl halides is 6. The van der Waals surface area contributed by atoms with E-state index in [1.54, 1.807) is 13.0 Å². The fourth-order valence-corrected chi connectivity index (χ4v) is 4.83. The lowest BCUT2D eigenvalue weighted by Crippen LogP contribution is -2.46. The van der Waals surface area contributed by atoms with Crippen LogP contribution in [0.25, 0.3) is 0 Å². The summed E-state index contributed by atoms with van der Waals surface area (Å²) in [5, 5.41) is 3.23. The first-order chi connectivity index (χ1) is 16.3. The van der Waals surface area contributed by atoms with Crippen LogP contribution in [0.3, 0.4) is 0 Å². The van der Waals surface area contributed by atoms with Gasteiger partial charge in [-0.1, -0.05) is 6.07 Å². The Morgan fingerprint density at radius 3 is 2.14 bits per heavy atom. The Balaban J connectivity index is 1.65. The minimum absolute atomic E-state index is 0.0902. The van der Waals surface area contributed by atoms with Gasteiger partial charge in [-0.25, -0.2) is 4.39 Å². The number of amides is 1. The number of rotatable bonds is 5. The predicted octanol–water partition coefficient (Wildman–Crippen LogP) is 6.06. The fraction of sp³-hybridized carbons (Fsp3) is 0.480. The van der Waals surface area contributed by atoms with Crippen LogP contribution in [0.15, 0.2) is 36.4 Å². The van der Waals surface area contributed by atoms with Gasteiger partial charge in [-0.2, -0.15) is 26.3 Å². The summed E-state index contributed by atoms with van der Waals surface area (Å²) in [7, 11) is 0. The third kappa shape index (κ3) is 5.79. The van der Waals surface area contributed by atoms with Gasteiger partial charge in [0.2, 0.25) is 5.91 Å². The van der Waals surface area contributed by atoms with Gasteiger partial charge < -0.3 is 10.2 Å². The number of carbonyl (C=O) groups is 1. The number of aryl methyl sites for hydroxylation is 1. The van der Waals surface area contributed by atoms with Crippen LogP contribution in [0.5, 0.6) is 0 Å². The highest BCUT2D eigenvalue weighted by Gasteiger charge is 2.42. The predicted molar refractivity (Wildman–Crippen MR) is 115 cm³/mol. The normalized spacial score (nSPS) is 21.1. The number of nitrogens with one attached hydrogen (secondary N) is 1. The molecule has 4 rings (SSSR count). The van der Waals surface area contributed by atoms with Gasteiger partial charge in [0.25, 0.3) is 0 Å². The molecule has 0 bridgehead atoms. The first-order valence-electron chi connectivity index (χ1n) is 11.4. The number of benzene rings is 2. The van der Waals surface area contributed by atoms with Crippen molar-refractivity contribution in [1.29, 1.82) is 0 Å². The first-order valence-corrected chi connectivity index (χ1v) is 11.4. The number of nitrogens with zero attached hydrogens (tertiary/aromatic N) is 1. The standard InChI is InChI=1S/C25H25F7N2O/c1-14-8-18(26)2-5-20(14)22-12-33-7-6-21(22)23(35)34(19-3-4-19)13-15-9-16(24(27,28)29)11-17(10-15)25(30,31)32/h2,5,8-11,19,21-22,33H,3-4,6-7,12-13H2,1H3/t21-,22+/m1/s1. The van der Waals surface area contributed by atoms with Crippen molar-refractivity contribution in [3.63, 3.8) is 0 Å². The Labute approximate surface area is 198 Å². The third-order valence-electron chi connectivity index (χ3n) is 6.70. The van der Waals surface area contributed by atoms with E-state index in [4.69, 9.17) is 0 Å². The summed E-state index contributed by atoms with van der Waals surface area (Å²) in [6.45, 7) is 2.42. The van der Waals surface area contributed by atoms with E-state index < -0.39 is 35.2 Å². The summed E-state index contributed by atoms with van der Waals surface area (Å²) in [5.41, 5.74) is -1.52. The zero-order valence-electron chi connectivity index (χ0n) is 18.9. The van der Waals surface area contributed by atoms with Crippen LogP contribution in [0, 0.1) is 18.7 Å². The van der Waals surface area contributed by atoms with Gasteiger partial charge in [0.05, 0.1) is 11.1 Å². The topological polar surface area (TPSA) is 32.3 Å². The van der Waals surface area contributed by atoms with Crippen LogP contribution < -0.4 is 5.32 Å². The molecule has 0 spiro atoms. The zero-order chi connectivity index (χ0) is 25.5. The van der Waals surface area contributed by atoms with Crippen LogP contribution in [0.1, 0.15) is 53.0 Å². The van der Waals surface area contributed by atoms with Gasteiger partial charge in [-0.05, 0) is 79.8 Å². The second-order valence-corrected chi connectivity index (χ2v) is 9.32. The number of hydrogen-bond acceptors (Lipinski definition) is 2. The fourth-order valence-electron chi connectivity index (χ4n) is 4.83. The van der Waals surface area contributed by atoms with Gasteiger partial charge in [-0.15, -0.1) is 0 Å². The molecular formula is C25H25F7N2O. The van der Waals surface area contributed by atoms with Gasteiger partial charge >= 0.3 is 12.4 Å². The lowest BCUT2D eigenvalue weighted by molar-refractivity contribution is -0.143. The molecule has 1 heterocycles. The van der Waals surface area contributed by atoms with E-state index in [0.717, 1.165) is 5.56 Å². The maximum absolute atomic E-state index is 13.7. The molecule has 2 aliphatic rings. The van der Waals surface area contributed by atoms with Gasteiger partial charge in [-0.3, -0.25) is 4.79 Å². The molecule has 2 fully saturated rings. The van der Waals surface area contributed by atoms with E-state index in [9.17, 15) is 35.5 Å². The van der Waals surface area contributed by atoms with Crippen molar-refractivity contribution in [2.75, 3.05) is 13.1 Å². The van der Waals surface area contributed by atoms with E-state index in [1.807, 2.05) is 0 Å². The van der Waals surface area contributed by atoms with Crippen LogP contribution in [-0.4, -0.2) is 29.9 Å². The molecule has 2 atom stereocenters. The van der Waals surface area contributed by atoms with Crippen LogP contribution >= 0.6 is 0 Å². The molecule has 1 saturated heterocycles. The molecular weight excluding hydrogens is 477 g/mol. The Morgan fingerprint density at radius 1 is 0.971 bits per heavy atom. The van der Waals surface area contributed by atoms with Gasteiger partial charge in [0, 0.05) is 31.0 Å². The van der Waals surface area contributed by atoms with Crippen molar-refractivity contribution in [2.24, 2.45) is 5.92 Å². The van der Waals surface area contributed by atoms with E-state index >= 15 is 0 Å². The summed E-state index contributed by atoms with van der Waals surface area (Å²) in [4.78, 5) is 15.1. The summed E-state index contributed by atoms with van der Waals surface area (Å²) in [6.07, 6.45) is -8.17. The van der Waals surface area contributed by atoms with E-state index in [0.29, 0.717) is 50.0 Å². The molecule has 1 amide bonds. The van der Waals surface area contributed by atoms with Crippen LogP contribution in [-0.2, 0) is 23.7 Å². The van der Waals surface area contributed by atoms with Gasteiger partial charge in [0.15, 0.2) is 0 Å². The average Bonchev–Trinajstić information content (AvgIpc) is 3.61. The van der Waals surface area contributed by atoms with Gasteiger partial charge in [0.1, 0.15) is 5.82 Å². The van der Waals surface area contributed by atoms with Crippen molar-refractivity contribution in [3.8, 4) is 0 Å². The largest absolute Gasteiger partial charge is 0.416 e. The first kappa shape index (κ1) is 25.5. The van der Waals surface area contributed by atoms with E-state index in [-0.39, 0.29) is 36.0 Å². The number of carbonyl (C=O) groups excluding carboxylic acids is 1. The summed E-state index contributed by atoms with van der Waals surface area (Å²) in [6, 6.07) is 5.56. The lowest BCUT2D eigenvalue weighted by Gasteiger charge is -2.36. The lowest BCUT2D eigenvalue weighted by atomic mass is 9.79. The molecule has 0 unspecified atom stereocenters. The quantitative estimate of drug-likeness (QED) is 0.505. The smallest absolute Gasteiger partial charge is 0.335 e. The molecule has 1 aliphatic carbocycles. The van der Waals surface area contributed by atoms with Crippen molar-refractivity contribution in [1.82, 2.24) is 10.2 Å². The number of hydrogen-bond donors (Lipinski definition) is 1. The highest BCUT2D eigenvalue weighted by molar-refractivity contribution is 5.81. The monoisotopic (exact) mass is 502 g/mol. The second-order valence-electron chi connectivity index (χ2n) is 9.32. The number of piperidine rings is 1.